The Kier molecular flexibility index (Phi) is 11.4. The van der Waals surface area contributed by atoms with Crippen LogP contribution in [-0.4, -0.2) is 36.5 Å². The van der Waals surface area contributed by atoms with E-state index in [9.17, 15) is 0 Å². The zero-order valence-corrected chi connectivity index (χ0v) is 37.0. The standard InChI is InChI=1S/C29H28GeNS.C14H16GeN.Ir/c1-19(2)21-15-16-31-27(17-21)26-8-6-7-25-24-14-11-22(18-28(24)32-29(25)26)20-9-12-23(13-10-20)30(3,4)5;1-15(2,3)13-9-10-14(16-11-13)12-7-5-4-6-8-12;/h6-7,9-19H,1-5H3;4-7,9-11H,1-3H3;/q2*-1;/i19D;;. The number of aromatic nitrogens is 2. The number of benzene rings is 4. The summed E-state index contributed by atoms with van der Waals surface area (Å²) in [6, 6.07) is 43.0. The van der Waals surface area contributed by atoms with E-state index in [1.807, 2.05) is 68.7 Å². The molecule has 0 amide bonds. The van der Waals surface area contributed by atoms with E-state index in [4.69, 9.17) is 1.37 Å². The molecule has 0 aliphatic carbocycles. The van der Waals surface area contributed by atoms with Crippen molar-refractivity contribution in [3.63, 3.8) is 0 Å². The molecular weight excluding hydrogens is 914 g/mol. The number of pyridine rings is 2. The fraction of sp³-hybridized carbons (Fsp3) is 0.209. The van der Waals surface area contributed by atoms with Crippen LogP contribution in [0, 0.1) is 12.1 Å². The maximum Gasteiger partial charge on any atom is 0 e. The molecule has 0 unspecified atom stereocenters. The minimum atomic E-state index is -1.80. The third kappa shape index (κ3) is 8.72. The van der Waals surface area contributed by atoms with Crippen molar-refractivity contribution in [2.45, 2.75) is 54.3 Å². The van der Waals surface area contributed by atoms with Gasteiger partial charge in [0.2, 0.25) is 0 Å². The van der Waals surface area contributed by atoms with Gasteiger partial charge in [0.05, 0.1) is 0 Å². The fourth-order valence-corrected chi connectivity index (χ4v) is 11.6. The van der Waals surface area contributed by atoms with E-state index in [-0.39, 0.29) is 20.1 Å². The number of fused-ring (bicyclic) bond motifs is 3. The van der Waals surface area contributed by atoms with Crippen molar-refractivity contribution in [1.29, 1.82) is 0 Å². The van der Waals surface area contributed by atoms with Gasteiger partial charge >= 0.3 is 260 Å². The Hall–Kier alpha value is -2.86. The molecule has 7 rings (SSSR count). The first-order valence-electron chi connectivity index (χ1n) is 17.1. The summed E-state index contributed by atoms with van der Waals surface area (Å²) < 4.78 is 13.9. The summed E-state index contributed by atoms with van der Waals surface area (Å²) >= 11 is -1.72. The van der Waals surface area contributed by atoms with E-state index < -0.39 is 32.4 Å². The monoisotopic (exact) mass is 962 g/mol. The van der Waals surface area contributed by atoms with Gasteiger partial charge < -0.3 is 0 Å². The van der Waals surface area contributed by atoms with Gasteiger partial charge in [-0.25, -0.2) is 0 Å². The smallest absolute Gasteiger partial charge is 0 e. The number of hydrogen-bond donors (Lipinski definition) is 0. The van der Waals surface area contributed by atoms with Crippen molar-refractivity contribution < 1.29 is 21.5 Å². The normalized spacial score (nSPS) is 12.2. The molecule has 0 fully saturated rings. The molecule has 0 aliphatic rings. The van der Waals surface area contributed by atoms with Gasteiger partial charge in [-0.2, -0.15) is 0 Å². The van der Waals surface area contributed by atoms with Crippen molar-refractivity contribution >= 4 is 66.8 Å². The predicted octanol–water partition coefficient (Wildman–Crippen LogP) is 11.3. The summed E-state index contributed by atoms with van der Waals surface area (Å²) in [5, 5.41) is 2.51. The first-order valence-corrected chi connectivity index (χ1v) is 32.1. The molecule has 1 radical (unpaired) electrons. The minimum absolute atomic E-state index is 0. The molecule has 49 heavy (non-hydrogen) atoms. The molecule has 2 nitrogen and oxygen atoms in total. The Morgan fingerprint density at radius 3 is 2.02 bits per heavy atom. The Labute approximate surface area is 316 Å². The van der Waals surface area contributed by atoms with E-state index >= 15 is 0 Å². The molecule has 0 atom stereocenters. The zero-order valence-electron chi connectivity index (χ0n) is 30.6. The third-order valence-electron chi connectivity index (χ3n) is 8.73. The van der Waals surface area contributed by atoms with Crippen molar-refractivity contribution in [2.24, 2.45) is 0 Å². The minimum Gasteiger partial charge on any atom is 0 e. The van der Waals surface area contributed by atoms with Crippen molar-refractivity contribution in [3.05, 3.63) is 133 Å². The van der Waals surface area contributed by atoms with Crippen molar-refractivity contribution in [1.82, 2.24) is 9.97 Å². The number of nitrogens with zero attached hydrogens (tertiary/aromatic N) is 2. The van der Waals surface area contributed by atoms with Gasteiger partial charge in [0.15, 0.2) is 0 Å². The maximum absolute atomic E-state index is 8.40. The summed E-state index contributed by atoms with van der Waals surface area (Å²) in [7, 11) is 0. The average Bonchev–Trinajstić information content (AvgIpc) is 3.46. The van der Waals surface area contributed by atoms with Crippen molar-refractivity contribution in [2.75, 3.05) is 0 Å². The van der Waals surface area contributed by atoms with Crippen LogP contribution in [0.25, 0.3) is 53.8 Å². The summed E-state index contributed by atoms with van der Waals surface area (Å²) in [5.41, 5.74) is 7.46. The van der Waals surface area contributed by atoms with Crippen LogP contribution in [0.4, 0.5) is 0 Å². The average molecular weight is 959 g/mol. The van der Waals surface area contributed by atoms with Gasteiger partial charge in [0.1, 0.15) is 0 Å². The Morgan fingerprint density at radius 2 is 1.39 bits per heavy atom. The first kappa shape index (κ1) is 35.9. The van der Waals surface area contributed by atoms with Gasteiger partial charge in [-0.15, -0.1) is 0 Å². The van der Waals surface area contributed by atoms with Gasteiger partial charge in [-0.1, -0.05) is 19.4 Å². The second-order valence-electron chi connectivity index (χ2n) is 14.6. The maximum atomic E-state index is 8.40. The Morgan fingerprint density at radius 1 is 0.673 bits per heavy atom. The summed E-state index contributed by atoms with van der Waals surface area (Å²) in [6.45, 7) is 3.82. The summed E-state index contributed by atoms with van der Waals surface area (Å²) in [4.78, 5) is 9.16. The summed E-state index contributed by atoms with van der Waals surface area (Å²) in [5.74, 6) is 13.8. The van der Waals surface area contributed by atoms with E-state index in [0.29, 0.717) is 0 Å². The quantitative estimate of drug-likeness (QED) is 0.123. The molecule has 0 aliphatic heterocycles. The molecule has 0 spiro atoms. The van der Waals surface area contributed by atoms with Crippen LogP contribution >= 0.6 is 11.3 Å². The number of rotatable bonds is 6. The van der Waals surface area contributed by atoms with E-state index in [1.165, 1.54) is 40.1 Å². The molecule has 6 heteroatoms. The largest absolute Gasteiger partial charge is 0 e. The van der Waals surface area contributed by atoms with Gasteiger partial charge in [-0.05, 0) is 12.0 Å². The van der Waals surface area contributed by atoms with Crippen LogP contribution in [-0.2, 0) is 20.1 Å². The van der Waals surface area contributed by atoms with Gasteiger partial charge in [0.25, 0.3) is 0 Å². The van der Waals surface area contributed by atoms with Crippen LogP contribution < -0.4 is 8.79 Å². The predicted molar refractivity (Wildman–Crippen MR) is 215 cm³/mol. The zero-order chi connectivity index (χ0) is 35.0. The van der Waals surface area contributed by atoms with Crippen LogP contribution in [0.3, 0.4) is 0 Å². The van der Waals surface area contributed by atoms with Crippen LogP contribution in [0.5, 0.6) is 0 Å². The molecule has 7 aromatic rings. The third-order valence-corrected chi connectivity index (χ3v) is 18.5. The van der Waals surface area contributed by atoms with Gasteiger partial charge in [0, 0.05) is 27.7 Å². The first-order chi connectivity index (χ1) is 23.2. The molecule has 0 N–H and O–H groups in total. The Balaban J connectivity index is 0.000000241. The van der Waals surface area contributed by atoms with Crippen LogP contribution in [0.1, 0.15) is 26.7 Å². The van der Waals surface area contributed by atoms with E-state index in [1.54, 1.807) is 11.3 Å². The van der Waals surface area contributed by atoms with E-state index in [2.05, 4.69) is 117 Å². The Bertz CT molecular complexity index is 2210. The molecule has 0 saturated heterocycles. The molecular formula is C43H44Ge2IrN2S-2. The molecule has 3 heterocycles. The summed E-state index contributed by atoms with van der Waals surface area (Å²) in [6.07, 6.45) is 3.85. The van der Waals surface area contributed by atoms with E-state index in [0.717, 1.165) is 28.1 Å². The topological polar surface area (TPSA) is 25.8 Å². The number of hydrogen-bond acceptors (Lipinski definition) is 3. The fourth-order valence-electron chi connectivity index (χ4n) is 5.70. The SMILES string of the molecule is [2H]C(C)(C)c1ccnc(-c2[c-]ccc3c2sc2cc(-c4cc[c]([Ge]([CH3])([CH3])[CH3])cc4)ccc23)c1.[CH3][Ge]([CH3])([CH3])[c]1ccc(-c2[c-]cccc2)nc1.[Ir]. The van der Waals surface area contributed by atoms with Crippen molar-refractivity contribution in [3.8, 4) is 33.6 Å². The molecule has 4 aromatic carbocycles. The molecule has 3 aromatic heterocycles. The van der Waals surface area contributed by atoms with Crippen LogP contribution in [0.15, 0.2) is 116 Å². The molecule has 0 bridgehead atoms. The second-order valence-corrected chi connectivity index (χ2v) is 37.0. The van der Waals surface area contributed by atoms with Gasteiger partial charge in [-0.3, -0.25) is 0 Å². The van der Waals surface area contributed by atoms with Crippen LogP contribution in [0.2, 0.25) is 34.5 Å². The number of thiophene rings is 1. The molecule has 0 saturated carbocycles. The molecule has 251 valence electrons. The second kappa shape index (κ2) is 15.6.